The lowest BCUT2D eigenvalue weighted by Gasteiger charge is -2.19. The second-order valence-electron chi connectivity index (χ2n) is 6.20. The smallest absolute Gasteiger partial charge is 0.150 e. The van der Waals surface area contributed by atoms with Crippen LogP contribution in [0.3, 0.4) is 0 Å². The molecule has 0 aromatic carbocycles. The molecule has 0 radical (unpaired) electrons. The van der Waals surface area contributed by atoms with Crippen LogP contribution < -0.4 is 0 Å². The highest BCUT2D eigenvalue weighted by atomic mass is 32.1. The van der Waals surface area contributed by atoms with E-state index in [4.69, 9.17) is 4.74 Å². The third kappa shape index (κ3) is 2.51. The normalized spacial score (nSPS) is 15.3. The number of aryl methyl sites for hydroxylation is 1. The van der Waals surface area contributed by atoms with Crippen molar-refractivity contribution in [2.75, 3.05) is 7.11 Å². The van der Waals surface area contributed by atoms with Crippen LogP contribution in [0.15, 0.2) is 36.6 Å². The molecule has 0 fully saturated rings. The number of rotatable bonds is 3. The van der Waals surface area contributed by atoms with Crippen molar-refractivity contribution in [1.29, 1.82) is 0 Å². The zero-order valence-corrected chi connectivity index (χ0v) is 14.8. The molecule has 0 aliphatic heterocycles. The Morgan fingerprint density at radius 3 is 2.71 bits per heavy atom. The van der Waals surface area contributed by atoms with E-state index in [0.717, 1.165) is 46.3 Å². The summed E-state index contributed by atoms with van der Waals surface area (Å²) < 4.78 is 9.19. The predicted molar refractivity (Wildman–Crippen MR) is 98.7 cm³/mol. The molecule has 0 bridgehead atoms. The summed E-state index contributed by atoms with van der Waals surface area (Å²) in [5.74, 6) is 1.09. The molecule has 24 heavy (non-hydrogen) atoms. The van der Waals surface area contributed by atoms with Gasteiger partial charge in [0.2, 0.25) is 0 Å². The highest BCUT2D eigenvalue weighted by molar-refractivity contribution is 7.78. The Morgan fingerprint density at radius 2 is 1.96 bits per heavy atom. The van der Waals surface area contributed by atoms with Gasteiger partial charge in [-0.05, 0) is 30.9 Å². The molecule has 3 heterocycles. The summed E-state index contributed by atoms with van der Waals surface area (Å²) in [5, 5.41) is 5.37. The number of allylic oxidation sites excluding steroid dienone is 2. The van der Waals surface area contributed by atoms with Crippen molar-refractivity contribution in [3.8, 4) is 11.1 Å². The van der Waals surface area contributed by atoms with Crippen LogP contribution in [0.1, 0.15) is 31.2 Å². The van der Waals surface area contributed by atoms with Crippen molar-refractivity contribution in [3.63, 3.8) is 0 Å². The van der Waals surface area contributed by atoms with Crippen molar-refractivity contribution < 1.29 is 4.74 Å². The maximum atomic E-state index is 5.61. The summed E-state index contributed by atoms with van der Waals surface area (Å²) in [4.78, 5) is 4.65. The average molecular weight is 340 g/mol. The monoisotopic (exact) mass is 340 g/mol. The van der Waals surface area contributed by atoms with Crippen LogP contribution in [-0.4, -0.2) is 25.8 Å². The standard InChI is InChI=1S/C18H20N4OS/c1-21-10-13(9-20-21)16-11-22(24)18-15(16)7-12(8-19-18)14-5-3-4-6-17(14)23-2/h7-11,24H,3-6H2,1-2H3. The molecule has 0 saturated heterocycles. The van der Waals surface area contributed by atoms with E-state index in [1.54, 1.807) is 15.8 Å². The zero-order chi connectivity index (χ0) is 16.7. The van der Waals surface area contributed by atoms with E-state index in [0.29, 0.717) is 0 Å². The number of aromatic nitrogens is 4. The Bertz CT molecular complexity index is 938. The van der Waals surface area contributed by atoms with Crippen molar-refractivity contribution in [2.24, 2.45) is 7.05 Å². The average Bonchev–Trinajstić information content (AvgIpc) is 3.18. The summed E-state index contributed by atoms with van der Waals surface area (Å²) in [6.07, 6.45) is 12.2. The van der Waals surface area contributed by atoms with E-state index in [1.807, 2.05) is 31.8 Å². The minimum Gasteiger partial charge on any atom is -0.501 e. The first-order chi connectivity index (χ1) is 11.7. The van der Waals surface area contributed by atoms with E-state index in [-0.39, 0.29) is 0 Å². The number of fused-ring (bicyclic) bond motifs is 1. The van der Waals surface area contributed by atoms with Crippen LogP contribution in [-0.2, 0) is 11.8 Å². The van der Waals surface area contributed by atoms with Crippen LogP contribution in [0.25, 0.3) is 27.7 Å². The first-order valence-corrected chi connectivity index (χ1v) is 8.53. The van der Waals surface area contributed by atoms with Crippen molar-refractivity contribution in [3.05, 3.63) is 42.2 Å². The van der Waals surface area contributed by atoms with Crippen LogP contribution in [0.4, 0.5) is 0 Å². The summed E-state index contributed by atoms with van der Waals surface area (Å²) >= 11 is 4.52. The molecule has 0 atom stereocenters. The Balaban J connectivity index is 1.90. The third-order valence-electron chi connectivity index (χ3n) is 4.65. The zero-order valence-electron chi connectivity index (χ0n) is 13.9. The van der Waals surface area contributed by atoms with Gasteiger partial charge in [-0.15, -0.1) is 0 Å². The number of hydrogen-bond donors (Lipinski definition) is 1. The number of methoxy groups -OCH3 is 1. The molecule has 0 N–H and O–H groups in total. The highest BCUT2D eigenvalue weighted by Gasteiger charge is 2.18. The molecule has 0 saturated carbocycles. The summed E-state index contributed by atoms with van der Waals surface area (Å²) in [5.41, 5.74) is 5.44. The van der Waals surface area contributed by atoms with Gasteiger partial charge < -0.3 is 4.74 Å². The molecular weight excluding hydrogens is 320 g/mol. The maximum absolute atomic E-state index is 5.61. The molecule has 4 rings (SSSR count). The van der Waals surface area contributed by atoms with Gasteiger partial charge in [0, 0.05) is 54.1 Å². The van der Waals surface area contributed by atoms with Crippen molar-refractivity contribution >= 4 is 29.4 Å². The topological polar surface area (TPSA) is 44.9 Å². The fraction of sp³-hybridized carbons (Fsp3) is 0.333. The molecule has 3 aromatic rings. The molecule has 124 valence electrons. The first kappa shape index (κ1) is 15.3. The van der Waals surface area contributed by atoms with Gasteiger partial charge >= 0.3 is 0 Å². The van der Waals surface area contributed by atoms with Gasteiger partial charge in [0.15, 0.2) is 0 Å². The van der Waals surface area contributed by atoms with Gasteiger partial charge in [0.1, 0.15) is 5.65 Å². The Morgan fingerprint density at radius 1 is 1.12 bits per heavy atom. The number of hydrogen-bond acceptors (Lipinski definition) is 4. The Hall–Kier alpha value is -2.21. The van der Waals surface area contributed by atoms with Gasteiger partial charge in [0.25, 0.3) is 0 Å². The second kappa shape index (κ2) is 6.02. The van der Waals surface area contributed by atoms with Gasteiger partial charge in [-0.2, -0.15) is 5.10 Å². The van der Waals surface area contributed by atoms with Gasteiger partial charge in [0.05, 0.1) is 19.1 Å². The molecule has 1 aliphatic rings. The summed E-state index contributed by atoms with van der Waals surface area (Å²) in [6.45, 7) is 0. The Kier molecular flexibility index (Phi) is 3.84. The molecule has 3 aromatic heterocycles. The maximum Gasteiger partial charge on any atom is 0.150 e. The highest BCUT2D eigenvalue weighted by Crippen LogP contribution is 2.36. The number of pyridine rings is 1. The fourth-order valence-electron chi connectivity index (χ4n) is 3.45. The van der Waals surface area contributed by atoms with Crippen LogP contribution in [0.5, 0.6) is 0 Å². The number of thiol groups is 1. The van der Waals surface area contributed by atoms with Crippen LogP contribution >= 0.6 is 12.8 Å². The summed E-state index contributed by atoms with van der Waals surface area (Å²) in [7, 11) is 3.68. The van der Waals surface area contributed by atoms with Crippen molar-refractivity contribution in [2.45, 2.75) is 25.7 Å². The molecular formula is C18H20N4OS. The first-order valence-electron chi connectivity index (χ1n) is 8.13. The van der Waals surface area contributed by atoms with Gasteiger partial charge in [-0.3, -0.25) is 8.65 Å². The van der Waals surface area contributed by atoms with E-state index >= 15 is 0 Å². The largest absolute Gasteiger partial charge is 0.501 e. The minimum atomic E-state index is 0.858. The molecule has 1 aliphatic carbocycles. The lowest BCUT2D eigenvalue weighted by molar-refractivity contribution is 0.270. The Labute approximate surface area is 146 Å². The van der Waals surface area contributed by atoms with E-state index in [2.05, 4.69) is 29.0 Å². The second-order valence-corrected chi connectivity index (χ2v) is 6.63. The van der Waals surface area contributed by atoms with Crippen LogP contribution in [0, 0.1) is 0 Å². The minimum absolute atomic E-state index is 0.858. The molecule has 6 heteroatoms. The molecule has 0 unspecified atom stereocenters. The predicted octanol–water partition coefficient (Wildman–Crippen LogP) is 4.06. The van der Waals surface area contributed by atoms with Crippen LogP contribution in [0.2, 0.25) is 0 Å². The molecule has 0 spiro atoms. The molecule has 0 amide bonds. The van der Waals surface area contributed by atoms with Gasteiger partial charge in [-0.1, -0.05) is 12.8 Å². The number of nitrogens with zero attached hydrogens (tertiary/aromatic N) is 4. The van der Waals surface area contributed by atoms with Crippen molar-refractivity contribution in [1.82, 2.24) is 18.7 Å². The molecule has 5 nitrogen and oxygen atoms in total. The summed E-state index contributed by atoms with van der Waals surface area (Å²) in [6, 6.07) is 2.21. The lowest BCUT2D eigenvalue weighted by Crippen LogP contribution is -2.01. The van der Waals surface area contributed by atoms with E-state index in [1.165, 1.54) is 18.4 Å². The third-order valence-corrected chi connectivity index (χ3v) is 4.96. The SMILES string of the molecule is COC1=C(c2cnc3c(c2)c(-c2cnn(C)c2)cn3S)CCCC1. The fourth-order valence-corrected chi connectivity index (χ4v) is 3.73. The van der Waals surface area contributed by atoms with E-state index < -0.39 is 0 Å². The quantitative estimate of drug-likeness (QED) is 0.731. The van der Waals surface area contributed by atoms with E-state index in [9.17, 15) is 0 Å². The van der Waals surface area contributed by atoms with Gasteiger partial charge in [-0.25, -0.2) is 4.98 Å². The lowest BCUT2D eigenvalue weighted by atomic mass is 9.92. The number of ether oxygens (including phenoxy) is 1.